The predicted octanol–water partition coefficient (Wildman–Crippen LogP) is 3.57. The van der Waals surface area contributed by atoms with Crippen molar-refractivity contribution in [1.82, 2.24) is 5.32 Å². The first-order valence-electron chi connectivity index (χ1n) is 8.37. The summed E-state index contributed by atoms with van der Waals surface area (Å²) >= 11 is 0. The van der Waals surface area contributed by atoms with Gasteiger partial charge in [-0.1, -0.05) is 24.3 Å². The van der Waals surface area contributed by atoms with Crippen molar-refractivity contribution < 1.29 is 28.2 Å². The van der Waals surface area contributed by atoms with Gasteiger partial charge in [0.15, 0.2) is 0 Å². The lowest BCUT2D eigenvalue weighted by Crippen LogP contribution is -2.45. The van der Waals surface area contributed by atoms with Crippen LogP contribution in [-0.2, 0) is 35.9 Å². The Hall–Kier alpha value is -1.98. The van der Waals surface area contributed by atoms with Gasteiger partial charge in [0.2, 0.25) is 6.16 Å². The van der Waals surface area contributed by atoms with Crippen LogP contribution in [0.2, 0.25) is 0 Å². The molecule has 8 heteroatoms. The molecule has 0 radical (unpaired) electrons. The number of benzene rings is 1. The van der Waals surface area contributed by atoms with E-state index in [4.69, 9.17) is 14.0 Å². The lowest BCUT2D eigenvalue weighted by atomic mass is 10.0. The number of esters is 1. The summed E-state index contributed by atoms with van der Waals surface area (Å²) in [6.45, 7) is 7.42. The molecular formula is C18H27NO6P+. The van der Waals surface area contributed by atoms with Gasteiger partial charge >= 0.3 is 20.1 Å². The molecule has 1 rings (SSSR count). The lowest BCUT2D eigenvalue weighted by Gasteiger charge is -2.22. The number of hydrogen-bond acceptors (Lipinski definition) is 6. The summed E-state index contributed by atoms with van der Waals surface area (Å²) in [7, 11) is -0.456. The zero-order chi connectivity index (χ0) is 19.7. The summed E-state index contributed by atoms with van der Waals surface area (Å²) in [6, 6.07) is 6.42. The van der Waals surface area contributed by atoms with Crippen LogP contribution >= 0.6 is 8.03 Å². The molecule has 0 saturated heterocycles. The highest BCUT2D eigenvalue weighted by atomic mass is 31.1. The standard InChI is InChI=1S/C18H26NO6P/c1-6-24-26(22)12-14-9-7-13(8-10-14)11-15(16(20)23-5)19-17(21)25-18(2,3)4/h7-10,15H,6,11-12H2,1-5H3/p+1/t15-/m0/s1. The van der Waals surface area contributed by atoms with Gasteiger partial charge in [-0.3, -0.25) is 0 Å². The Morgan fingerprint density at radius 3 is 2.23 bits per heavy atom. The number of carbonyl (C=O) groups excluding carboxylic acids is 2. The Morgan fingerprint density at radius 1 is 1.15 bits per heavy atom. The smallest absolute Gasteiger partial charge is 0.467 e. The predicted molar refractivity (Wildman–Crippen MR) is 98.3 cm³/mol. The second-order valence-electron chi connectivity index (χ2n) is 6.65. The van der Waals surface area contributed by atoms with Crippen molar-refractivity contribution in [3.05, 3.63) is 35.4 Å². The second-order valence-corrected chi connectivity index (χ2v) is 7.89. The van der Waals surface area contributed by atoms with E-state index >= 15 is 0 Å². The zero-order valence-electron chi connectivity index (χ0n) is 15.9. The van der Waals surface area contributed by atoms with Crippen LogP contribution in [0.5, 0.6) is 0 Å². The molecule has 0 aliphatic rings. The van der Waals surface area contributed by atoms with Crippen LogP contribution in [-0.4, -0.2) is 37.4 Å². The first-order chi connectivity index (χ1) is 12.1. The molecule has 0 bridgehead atoms. The Morgan fingerprint density at radius 2 is 1.73 bits per heavy atom. The normalized spacial score (nSPS) is 12.9. The summed E-state index contributed by atoms with van der Waals surface area (Å²) in [5.41, 5.74) is 1.04. The average molecular weight is 384 g/mol. The van der Waals surface area contributed by atoms with Crippen LogP contribution < -0.4 is 5.32 Å². The topological polar surface area (TPSA) is 90.9 Å². The Labute approximate surface area is 155 Å². The molecule has 0 heterocycles. The van der Waals surface area contributed by atoms with Crippen molar-refractivity contribution in [3.8, 4) is 0 Å². The fourth-order valence-corrected chi connectivity index (χ4v) is 3.03. The van der Waals surface area contributed by atoms with Crippen LogP contribution in [0.25, 0.3) is 0 Å². The highest BCUT2D eigenvalue weighted by molar-refractivity contribution is 7.38. The van der Waals surface area contributed by atoms with Crippen LogP contribution in [0.4, 0.5) is 4.79 Å². The van der Waals surface area contributed by atoms with Gasteiger partial charge in [0, 0.05) is 12.0 Å². The third kappa shape index (κ3) is 8.41. The molecule has 0 aliphatic carbocycles. The molecule has 1 N–H and O–H groups in total. The maximum absolute atomic E-state index is 12.0. The van der Waals surface area contributed by atoms with E-state index in [2.05, 4.69) is 5.32 Å². The molecule has 0 saturated carbocycles. The molecule has 1 unspecified atom stereocenters. The fraction of sp³-hybridized carbons (Fsp3) is 0.556. The van der Waals surface area contributed by atoms with E-state index in [1.807, 2.05) is 24.3 Å². The van der Waals surface area contributed by atoms with E-state index in [-0.39, 0.29) is 6.42 Å². The minimum absolute atomic E-state index is 0.254. The van der Waals surface area contributed by atoms with Gasteiger partial charge in [-0.2, -0.15) is 0 Å². The third-order valence-corrected chi connectivity index (χ3v) is 4.39. The van der Waals surface area contributed by atoms with E-state index in [1.165, 1.54) is 7.11 Å². The summed E-state index contributed by atoms with van der Waals surface area (Å²) in [5.74, 6) is -0.556. The first-order valence-corrected chi connectivity index (χ1v) is 9.73. The van der Waals surface area contributed by atoms with E-state index in [0.29, 0.717) is 12.8 Å². The largest absolute Gasteiger partial charge is 0.512 e. The highest BCUT2D eigenvalue weighted by Gasteiger charge is 2.25. The number of rotatable bonds is 8. The van der Waals surface area contributed by atoms with Crippen molar-refractivity contribution in [3.63, 3.8) is 0 Å². The summed E-state index contributed by atoms with van der Waals surface area (Å²) in [4.78, 5) is 23.9. The molecule has 144 valence electrons. The number of methoxy groups -OCH3 is 1. The minimum Gasteiger partial charge on any atom is -0.467 e. The molecule has 7 nitrogen and oxygen atoms in total. The summed E-state index contributed by atoms with van der Waals surface area (Å²) < 4.78 is 26.6. The van der Waals surface area contributed by atoms with Crippen LogP contribution in [0, 0.1) is 0 Å². The number of alkyl carbamates (subject to hydrolysis) is 1. The van der Waals surface area contributed by atoms with Gasteiger partial charge < -0.3 is 14.8 Å². The highest BCUT2D eigenvalue weighted by Crippen LogP contribution is 2.27. The van der Waals surface area contributed by atoms with Gasteiger partial charge in [0.05, 0.1) is 13.7 Å². The molecule has 0 fully saturated rings. The van der Waals surface area contributed by atoms with Crippen LogP contribution in [0.1, 0.15) is 38.8 Å². The molecule has 0 spiro atoms. The lowest BCUT2D eigenvalue weighted by molar-refractivity contribution is -0.143. The number of hydrogen-bond donors (Lipinski definition) is 1. The maximum atomic E-state index is 12.0. The maximum Gasteiger partial charge on any atom is 0.512 e. The molecule has 2 atom stereocenters. The van der Waals surface area contributed by atoms with Gasteiger partial charge in [-0.15, -0.1) is 4.52 Å². The number of nitrogens with one attached hydrogen (secondary N) is 1. The van der Waals surface area contributed by atoms with E-state index in [0.717, 1.165) is 11.1 Å². The molecule has 26 heavy (non-hydrogen) atoms. The molecule has 0 aliphatic heterocycles. The van der Waals surface area contributed by atoms with Gasteiger partial charge in [0.1, 0.15) is 11.6 Å². The minimum atomic E-state index is -1.72. The molecule has 1 amide bonds. The zero-order valence-corrected chi connectivity index (χ0v) is 16.8. The second kappa shape index (κ2) is 10.2. The first kappa shape index (κ1) is 22.1. The Bertz CT molecular complexity index is 624. The van der Waals surface area contributed by atoms with Crippen molar-refractivity contribution in [2.24, 2.45) is 0 Å². The van der Waals surface area contributed by atoms with Crippen molar-refractivity contribution in [2.75, 3.05) is 13.7 Å². The molecular weight excluding hydrogens is 357 g/mol. The molecule has 0 aromatic heterocycles. The van der Waals surface area contributed by atoms with E-state index in [1.54, 1.807) is 27.7 Å². The quantitative estimate of drug-likeness (QED) is 0.544. The van der Waals surface area contributed by atoms with E-state index < -0.39 is 31.7 Å². The Kier molecular flexibility index (Phi) is 8.69. The number of carbonyl (C=O) groups is 2. The van der Waals surface area contributed by atoms with Crippen LogP contribution in [0.15, 0.2) is 24.3 Å². The molecule has 1 aromatic rings. The SMILES string of the molecule is CCO[P+](=O)Cc1ccc(C[C@H](NC(=O)OC(C)(C)C)C(=O)OC)cc1. The van der Waals surface area contributed by atoms with Gasteiger partial charge in [-0.25, -0.2) is 9.59 Å². The third-order valence-electron chi connectivity index (χ3n) is 3.22. The van der Waals surface area contributed by atoms with Gasteiger partial charge in [-0.05, 0) is 37.8 Å². The van der Waals surface area contributed by atoms with Crippen molar-refractivity contribution >= 4 is 20.1 Å². The monoisotopic (exact) mass is 384 g/mol. The summed E-state index contributed by atoms with van der Waals surface area (Å²) in [6.07, 6.45) is -0.0951. The van der Waals surface area contributed by atoms with Crippen molar-refractivity contribution in [1.29, 1.82) is 0 Å². The van der Waals surface area contributed by atoms with Crippen LogP contribution in [0.3, 0.4) is 0 Å². The fourth-order valence-electron chi connectivity index (χ4n) is 2.14. The molecule has 1 aromatic carbocycles. The summed E-state index contributed by atoms with van der Waals surface area (Å²) in [5, 5.41) is 2.53. The van der Waals surface area contributed by atoms with Gasteiger partial charge in [0.25, 0.3) is 0 Å². The average Bonchev–Trinajstić information content (AvgIpc) is 2.53. The van der Waals surface area contributed by atoms with E-state index in [9.17, 15) is 14.2 Å². The van der Waals surface area contributed by atoms with Crippen molar-refractivity contribution in [2.45, 2.75) is 51.9 Å². The number of amides is 1. The number of ether oxygens (including phenoxy) is 2. The Balaban J connectivity index is 2.74.